The molecule has 1 unspecified atom stereocenters. The van der Waals surface area contributed by atoms with Gasteiger partial charge in [-0.1, -0.05) is 0 Å². The first-order valence-corrected chi connectivity index (χ1v) is 4.19. The van der Waals surface area contributed by atoms with Gasteiger partial charge in [-0.05, 0) is 12.3 Å². The van der Waals surface area contributed by atoms with E-state index in [0.29, 0.717) is 6.04 Å². The van der Waals surface area contributed by atoms with Crippen LogP contribution in [0.3, 0.4) is 0 Å². The van der Waals surface area contributed by atoms with Crippen LogP contribution in [0.2, 0.25) is 0 Å². The molecule has 0 spiro atoms. The van der Waals surface area contributed by atoms with Gasteiger partial charge in [0.1, 0.15) is 0 Å². The van der Waals surface area contributed by atoms with Crippen molar-refractivity contribution in [3.63, 3.8) is 0 Å². The Balaban J connectivity index is 1.87. The fourth-order valence-electron chi connectivity index (χ4n) is 1.60. The molecule has 2 heterocycles. The van der Waals surface area contributed by atoms with Crippen molar-refractivity contribution in [2.75, 3.05) is 32.8 Å². The highest BCUT2D eigenvalue weighted by Gasteiger charge is 2.19. The zero-order valence-electron chi connectivity index (χ0n) is 6.62. The minimum absolute atomic E-state index is 0.610. The van der Waals surface area contributed by atoms with Crippen molar-refractivity contribution in [1.82, 2.24) is 10.2 Å². The molecule has 1 N–H and O–H groups in total. The van der Waals surface area contributed by atoms with Crippen LogP contribution in [0.4, 0.5) is 0 Å². The lowest BCUT2D eigenvalue weighted by atomic mass is 10.2. The minimum Gasteiger partial charge on any atom is -0.389 e. The summed E-state index contributed by atoms with van der Waals surface area (Å²) in [5.41, 5.74) is 0. The van der Waals surface area contributed by atoms with Crippen molar-refractivity contribution in [2.24, 2.45) is 0 Å². The van der Waals surface area contributed by atoms with Crippen molar-refractivity contribution in [1.29, 1.82) is 0 Å². The smallest absolute Gasteiger partial charge is 0.0594 e. The zero-order valence-corrected chi connectivity index (χ0v) is 6.62. The van der Waals surface area contributed by atoms with Gasteiger partial charge in [0.25, 0.3) is 0 Å². The Morgan fingerprint density at radius 1 is 1.36 bits per heavy atom. The third-order valence-corrected chi connectivity index (χ3v) is 2.28. The number of ether oxygens (including phenoxy) is 1. The van der Waals surface area contributed by atoms with E-state index >= 15 is 0 Å². The van der Waals surface area contributed by atoms with Gasteiger partial charge >= 0.3 is 0 Å². The maximum absolute atomic E-state index is 5.27. The summed E-state index contributed by atoms with van der Waals surface area (Å²) in [6.45, 7) is 5.02. The molecule has 0 aromatic rings. The summed E-state index contributed by atoms with van der Waals surface area (Å²) in [7, 11) is 0. The van der Waals surface area contributed by atoms with E-state index in [1.54, 1.807) is 0 Å². The Morgan fingerprint density at radius 3 is 2.82 bits per heavy atom. The fourth-order valence-corrected chi connectivity index (χ4v) is 1.60. The molecule has 0 bridgehead atoms. The molecule has 1 atom stereocenters. The summed E-state index contributed by atoms with van der Waals surface area (Å²) in [4.78, 5) is 2.46. The van der Waals surface area contributed by atoms with Gasteiger partial charge in [-0.2, -0.15) is 0 Å². The summed E-state index contributed by atoms with van der Waals surface area (Å²) in [6, 6.07) is 0.610. The Hall–Kier alpha value is -0.540. The molecule has 0 aromatic heterocycles. The highest BCUT2D eigenvalue weighted by atomic mass is 16.5. The SMILES string of the molecule is C1=CC(N2CCOCC2)CN1. The Morgan fingerprint density at radius 2 is 2.18 bits per heavy atom. The van der Waals surface area contributed by atoms with Gasteiger partial charge in [0.05, 0.1) is 13.2 Å². The first-order valence-electron chi connectivity index (χ1n) is 4.19. The molecule has 0 aromatic carbocycles. The third-order valence-electron chi connectivity index (χ3n) is 2.28. The topological polar surface area (TPSA) is 24.5 Å². The van der Waals surface area contributed by atoms with Gasteiger partial charge < -0.3 is 10.1 Å². The molecule has 0 aliphatic carbocycles. The quantitative estimate of drug-likeness (QED) is 0.566. The molecule has 1 saturated heterocycles. The molecule has 11 heavy (non-hydrogen) atoms. The highest BCUT2D eigenvalue weighted by molar-refractivity contribution is 5.01. The number of hydrogen-bond donors (Lipinski definition) is 1. The molecule has 3 nitrogen and oxygen atoms in total. The van der Waals surface area contributed by atoms with Crippen LogP contribution in [-0.4, -0.2) is 43.8 Å². The lowest BCUT2D eigenvalue weighted by Crippen LogP contribution is -2.44. The predicted octanol–water partition coefficient (Wildman–Crippen LogP) is -0.196. The van der Waals surface area contributed by atoms with Gasteiger partial charge in [0.2, 0.25) is 0 Å². The van der Waals surface area contributed by atoms with E-state index in [0.717, 1.165) is 32.8 Å². The van der Waals surface area contributed by atoms with Crippen LogP contribution in [0.15, 0.2) is 12.3 Å². The summed E-state index contributed by atoms with van der Waals surface area (Å²) >= 11 is 0. The predicted molar refractivity (Wildman–Crippen MR) is 43.3 cm³/mol. The monoisotopic (exact) mass is 154 g/mol. The molecule has 1 fully saturated rings. The van der Waals surface area contributed by atoms with Crippen LogP contribution in [0, 0.1) is 0 Å². The number of hydrogen-bond acceptors (Lipinski definition) is 3. The van der Waals surface area contributed by atoms with Crippen LogP contribution in [0.1, 0.15) is 0 Å². The number of morpholine rings is 1. The van der Waals surface area contributed by atoms with Crippen molar-refractivity contribution >= 4 is 0 Å². The second kappa shape index (κ2) is 3.24. The molecule has 62 valence electrons. The Kier molecular flexibility index (Phi) is 2.10. The van der Waals surface area contributed by atoms with Crippen LogP contribution in [0.5, 0.6) is 0 Å². The van der Waals surface area contributed by atoms with Crippen molar-refractivity contribution in [3.8, 4) is 0 Å². The van der Waals surface area contributed by atoms with E-state index in [1.807, 2.05) is 6.20 Å². The molecule has 2 aliphatic heterocycles. The average Bonchev–Trinajstić information content (AvgIpc) is 2.58. The second-order valence-electron chi connectivity index (χ2n) is 2.98. The van der Waals surface area contributed by atoms with Crippen LogP contribution in [-0.2, 0) is 4.74 Å². The normalized spacial score (nSPS) is 32.2. The number of nitrogens with one attached hydrogen (secondary N) is 1. The standard InChI is InChI=1S/C8H14N2O/c1-2-9-7-8(1)10-3-5-11-6-4-10/h1-2,8-9H,3-7H2. The van der Waals surface area contributed by atoms with E-state index < -0.39 is 0 Å². The lowest BCUT2D eigenvalue weighted by Gasteiger charge is -2.30. The van der Waals surface area contributed by atoms with E-state index in [4.69, 9.17) is 4.74 Å². The Bertz CT molecular complexity index is 152. The average molecular weight is 154 g/mol. The Labute approximate surface area is 67.0 Å². The van der Waals surface area contributed by atoms with Crippen LogP contribution < -0.4 is 5.32 Å². The minimum atomic E-state index is 0.610. The van der Waals surface area contributed by atoms with E-state index in [-0.39, 0.29) is 0 Å². The van der Waals surface area contributed by atoms with Crippen molar-refractivity contribution in [3.05, 3.63) is 12.3 Å². The molecular formula is C8H14N2O. The van der Waals surface area contributed by atoms with Gasteiger partial charge in [-0.15, -0.1) is 0 Å². The third kappa shape index (κ3) is 1.54. The van der Waals surface area contributed by atoms with E-state index in [2.05, 4.69) is 16.3 Å². The first-order chi connectivity index (χ1) is 5.47. The van der Waals surface area contributed by atoms with E-state index in [1.165, 1.54) is 0 Å². The summed E-state index contributed by atoms with van der Waals surface area (Å²) in [5, 5.41) is 3.21. The summed E-state index contributed by atoms with van der Waals surface area (Å²) in [6.07, 6.45) is 4.27. The molecule has 0 radical (unpaired) electrons. The summed E-state index contributed by atoms with van der Waals surface area (Å²) < 4.78 is 5.27. The number of nitrogens with zero attached hydrogens (tertiary/aromatic N) is 1. The highest BCUT2D eigenvalue weighted by Crippen LogP contribution is 2.07. The molecule has 2 aliphatic rings. The molecule has 0 saturated carbocycles. The zero-order chi connectivity index (χ0) is 7.52. The molecular weight excluding hydrogens is 140 g/mol. The van der Waals surface area contributed by atoms with Crippen LogP contribution >= 0.6 is 0 Å². The van der Waals surface area contributed by atoms with E-state index in [9.17, 15) is 0 Å². The number of rotatable bonds is 1. The summed E-state index contributed by atoms with van der Waals surface area (Å²) in [5.74, 6) is 0. The van der Waals surface area contributed by atoms with Crippen LogP contribution in [0.25, 0.3) is 0 Å². The van der Waals surface area contributed by atoms with Gasteiger partial charge in [0, 0.05) is 25.7 Å². The fraction of sp³-hybridized carbons (Fsp3) is 0.750. The second-order valence-corrected chi connectivity index (χ2v) is 2.98. The first kappa shape index (κ1) is 7.13. The molecule has 3 heteroatoms. The van der Waals surface area contributed by atoms with Gasteiger partial charge in [-0.3, -0.25) is 4.90 Å². The maximum Gasteiger partial charge on any atom is 0.0594 e. The molecule has 0 amide bonds. The van der Waals surface area contributed by atoms with Gasteiger partial charge in [0.15, 0.2) is 0 Å². The van der Waals surface area contributed by atoms with Gasteiger partial charge in [-0.25, -0.2) is 0 Å². The van der Waals surface area contributed by atoms with Crippen molar-refractivity contribution in [2.45, 2.75) is 6.04 Å². The maximum atomic E-state index is 5.27. The molecule has 2 rings (SSSR count). The largest absolute Gasteiger partial charge is 0.389 e. The van der Waals surface area contributed by atoms with Crippen molar-refractivity contribution < 1.29 is 4.74 Å². The lowest BCUT2D eigenvalue weighted by molar-refractivity contribution is 0.0276.